The van der Waals surface area contributed by atoms with Crippen molar-refractivity contribution in [2.24, 2.45) is 0 Å². The molecule has 0 N–H and O–H groups in total. The van der Waals surface area contributed by atoms with Crippen LogP contribution in [0.15, 0.2) is 132 Å². The molecule has 172 valence electrons. The zero-order valence-corrected chi connectivity index (χ0v) is 20.0. The average Bonchev–Trinajstić information content (AvgIpc) is 3.34. The van der Waals surface area contributed by atoms with Gasteiger partial charge in [-0.15, -0.1) is 0 Å². The Morgan fingerprint density at radius 2 is 0.919 bits per heavy atom. The van der Waals surface area contributed by atoms with Crippen molar-refractivity contribution < 1.29 is 4.42 Å². The Balaban J connectivity index is 1.41. The lowest BCUT2D eigenvalue weighted by molar-refractivity contribution is 0.668. The van der Waals surface area contributed by atoms with Crippen molar-refractivity contribution in [2.75, 3.05) is 0 Å². The maximum atomic E-state index is 6.02. The Morgan fingerprint density at radius 1 is 0.405 bits per heavy atom. The summed E-state index contributed by atoms with van der Waals surface area (Å²) in [5.74, 6) is 0. The van der Waals surface area contributed by atoms with E-state index in [1.807, 2.05) is 18.3 Å². The molecular formula is C35H21NO. The monoisotopic (exact) mass is 471 g/mol. The molecule has 0 spiro atoms. The molecule has 0 radical (unpaired) electrons. The van der Waals surface area contributed by atoms with E-state index in [4.69, 9.17) is 4.42 Å². The summed E-state index contributed by atoms with van der Waals surface area (Å²) in [6.45, 7) is 0. The molecule has 2 aromatic heterocycles. The average molecular weight is 472 g/mol. The van der Waals surface area contributed by atoms with Crippen LogP contribution in [0, 0.1) is 0 Å². The first-order chi connectivity index (χ1) is 18.3. The van der Waals surface area contributed by atoms with Gasteiger partial charge in [-0.25, -0.2) is 0 Å². The van der Waals surface area contributed by atoms with Gasteiger partial charge in [-0.3, -0.25) is 4.98 Å². The van der Waals surface area contributed by atoms with Crippen LogP contribution >= 0.6 is 0 Å². The van der Waals surface area contributed by atoms with E-state index in [1.54, 1.807) is 0 Å². The Morgan fingerprint density at radius 3 is 1.54 bits per heavy atom. The zero-order chi connectivity index (χ0) is 24.3. The van der Waals surface area contributed by atoms with Crippen LogP contribution in [0.5, 0.6) is 0 Å². The second kappa shape index (κ2) is 7.78. The number of aromatic nitrogens is 1. The largest absolute Gasteiger partial charge is 0.454 e. The standard InChI is InChI=1S/C35H21NO/c1-2-9-25-24(8-1)26-10-3-4-12-28(26)30-17-15-22(20-31(30)29-13-6-5-11-27(25)29)23-16-18-33-32(21-23)35-34(37-33)14-7-19-36-35/h1-21H. The summed E-state index contributed by atoms with van der Waals surface area (Å²) in [4.78, 5) is 4.58. The molecule has 0 aliphatic heterocycles. The molecule has 0 amide bonds. The minimum atomic E-state index is 0.817. The Bertz CT molecular complexity index is 1990. The predicted octanol–water partition coefficient (Wildman–Crippen LogP) is 9.63. The van der Waals surface area contributed by atoms with Crippen LogP contribution in [0.2, 0.25) is 0 Å². The van der Waals surface area contributed by atoms with E-state index in [2.05, 4.69) is 114 Å². The number of hydrogen-bond acceptors (Lipinski definition) is 2. The Hall–Kier alpha value is -4.95. The molecule has 0 fully saturated rings. The van der Waals surface area contributed by atoms with Gasteiger partial charge >= 0.3 is 0 Å². The second-order valence-electron chi connectivity index (χ2n) is 9.56. The molecular weight excluding hydrogens is 450 g/mol. The molecule has 0 bridgehead atoms. The summed E-state index contributed by atoms with van der Waals surface area (Å²) in [6.07, 6.45) is 1.82. The van der Waals surface area contributed by atoms with Crippen LogP contribution in [0.25, 0.3) is 77.7 Å². The first-order valence-electron chi connectivity index (χ1n) is 12.6. The lowest BCUT2D eigenvalue weighted by Crippen LogP contribution is -1.97. The van der Waals surface area contributed by atoms with Gasteiger partial charge in [-0.1, -0.05) is 91.0 Å². The molecule has 0 saturated heterocycles. The van der Waals surface area contributed by atoms with Gasteiger partial charge in [0, 0.05) is 11.6 Å². The van der Waals surface area contributed by atoms with Gasteiger partial charge in [-0.05, 0) is 86.0 Å². The quantitative estimate of drug-likeness (QED) is 0.238. The number of rotatable bonds is 1. The minimum absolute atomic E-state index is 0.817. The number of hydrogen-bond donors (Lipinski definition) is 0. The lowest BCUT2D eigenvalue weighted by Gasteiger charge is -2.23. The van der Waals surface area contributed by atoms with Crippen LogP contribution in [0.1, 0.15) is 0 Å². The minimum Gasteiger partial charge on any atom is -0.454 e. The number of furan rings is 1. The van der Waals surface area contributed by atoms with Gasteiger partial charge in [0.25, 0.3) is 0 Å². The van der Waals surface area contributed by atoms with Crippen LogP contribution in [-0.2, 0) is 0 Å². The van der Waals surface area contributed by atoms with E-state index in [1.165, 1.54) is 50.1 Å². The highest BCUT2D eigenvalue weighted by atomic mass is 16.3. The van der Waals surface area contributed by atoms with E-state index in [0.29, 0.717) is 0 Å². The zero-order valence-electron chi connectivity index (χ0n) is 20.0. The van der Waals surface area contributed by atoms with Crippen LogP contribution in [0.4, 0.5) is 0 Å². The van der Waals surface area contributed by atoms with Crippen molar-refractivity contribution in [3.05, 3.63) is 128 Å². The van der Waals surface area contributed by atoms with E-state index in [-0.39, 0.29) is 0 Å². The van der Waals surface area contributed by atoms with E-state index < -0.39 is 0 Å². The second-order valence-corrected chi connectivity index (χ2v) is 9.56. The van der Waals surface area contributed by atoms with E-state index in [0.717, 1.165) is 27.6 Å². The number of benzene rings is 5. The van der Waals surface area contributed by atoms with Gasteiger partial charge in [0.05, 0.1) is 0 Å². The third-order valence-electron chi connectivity index (χ3n) is 7.52. The number of nitrogens with zero attached hydrogens (tertiary/aromatic N) is 1. The maximum absolute atomic E-state index is 6.02. The van der Waals surface area contributed by atoms with Crippen molar-refractivity contribution >= 4 is 22.1 Å². The molecule has 1 aliphatic rings. The molecule has 7 aromatic rings. The SMILES string of the molecule is c1ccc2c(c1)-c1ccccc1-c1ccc(-c3ccc4oc5cccnc5c4c3)cc1-c1ccccc1-2. The predicted molar refractivity (Wildman–Crippen MR) is 152 cm³/mol. The van der Waals surface area contributed by atoms with Gasteiger partial charge in [0.2, 0.25) is 0 Å². The summed E-state index contributed by atoms with van der Waals surface area (Å²) >= 11 is 0. The van der Waals surface area contributed by atoms with E-state index >= 15 is 0 Å². The van der Waals surface area contributed by atoms with Crippen LogP contribution < -0.4 is 0 Å². The molecule has 1 aliphatic carbocycles. The Kier molecular flexibility index (Phi) is 4.26. The van der Waals surface area contributed by atoms with Crippen molar-refractivity contribution in [1.29, 1.82) is 0 Å². The molecule has 0 unspecified atom stereocenters. The highest BCUT2D eigenvalue weighted by Crippen LogP contribution is 2.48. The molecule has 0 saturated carbocycles. The van der Waals surface area contributed by atoms with Gasteiger partial charge in [-0.2, -0.15) is 0 Å². The first kappa shape index (κ1) is 20.3. The smallest absolute Gasteiger partial charge is 0.153 e. The topological polar surface area (TPSA) is 26.0 Å². The maximum Gasteiger partial charge on any atom is 0.153 e. The highest BCUT2D eigenvalue weighted by molar-refractivity contribution is 6.06. The van der Waals surface area contributed by atoms with Gasteiger partial charge < -0.3 is 4.42 Å². The summed E-state index contributed by atoms with van der Waals surface area (Å²) in [5.41, 5.74) is 14.9. The molecule has 2 heteroatoms. The fourth-order valence-electron chi connectivity index (χ4n) is 5.82. The third kappa shape index (κ3) is 3.03. The van der Waals surface area contributed by atoms with Gasteiger partial charge in [0.1, 0.15) is 11.1 Å². The summed E-state index contributed by atoms with van der Waals surface area (Å²) in [6, 6.07) is 43.4. The highest BCUT2D eigenvalue weighted by Gasteiger charge is 2.22. The molecule has 2 nitrogen and oxygen atoms in total. The number of fused-ring (bicyclic) bond motifs is 11. The summed E-state index contributed by atoms with van der Waals surface area (Å²) < 4.78 is 6.02. The third-order valence-corrected chi connectivity index (χ3v) is 7.52. The Labute approximate surface area is 214 Å². The molecule has 37 heavy (non-hydrogen) atoms. The van der Waals surface area contributed by atoms with Crippen LogP contribution in [-0.4, -0.2) is 4.98 Å². The van der Waals surface area contributed by atoms with E-state index in [9.17, 15) is 0 Å². The number of pyridine rings is 1. The normalized spacial score (nSPS) is 11.8. The van der Waals surface area contributed by atoms with Crippen molar-refractivity contribution in [2.45, 2.75) is 0 Å². The summed E-state index contributed by atoms with van der Waals surface area (Å²) in [5, 5.41) is 1.04. The van der Waals surface area contributed by atoms with Crippen molar-refractivity contribution in [1.82, 2.24) is 4.98 Å². The molecule has 0 atom stereocenters. The van der Waals surface area contributed by atoms with Crippen molar-refractivity contribution in [3.8, 4) is 55.6 Å². The van der Waals surface area contributed by atoms with Crippen LogP contribution in [0.3, 0.4) is 0 Å². The van der Waals surface area contributed by atoms with Crippen molar-refractivity contribution in [3.63, 3.8) is 0 Å². The fourth-order valence-corrected chi connectivity index (χ4v) is 5.82. The summed E-state index contributed by atoms with van der Waals surface area (Å²) in [7, 11) is 0. The van der Waals surface area contributed by atoms with Gasteiger partial charge in [0.15, 0.2) is 5.58 Å². The first-order valence-corrected chi connectivity index (χ1v) is 12.6. The fraction of sp³-hybridized carbons (Fsp3) is 0. The molecule has 2 heterocycles. The molecule has 5 aromatic carbocycles. The lowest BCUT2D eigenvalue weighted by atomic mass is 9.80. The molecule has 8 rings (SSSR count).